The van der Waals surface area contributed by atoms with Crippen molar-refractivity contribution in [2.75, 3.05) is 11.5 Å². The molecule has 1 aromatic carbocycles. The van der Waals surface area contributed by atoms with Crippen molar-refractivity contribution in [2.24, 2.45) is 0 Å². The molecule has 0 atom stereocenters. The van der Waals surface area contributed by atoms with Crippen LogP contribution in [0.4, 0.5) is 11.4 Å². The molecule has 0 amide bonds. The number of hydrogen-bond acceptors (Lipinski definition) is 4. The Hall–Kier alpha value is -2.36. The van der Waals surface area contributed by atoms with Crippen LogP contribution in [-0.2, 0) is 6.42 Å². The number of anilines is 2. The molecule has 86 valence electrons. The zero-order chi connectivity index (χ0) is 12.3. The zero-order valence-electron chi connectivity index (χ0n) is 9.26. The topological polar surface area (TPSA) is 82.0 Å². The van der Waals surface area contributed by atoms with Gasteiger partial charge in [0.05, 0.1) is 0 Å². The summed E-state index contributed by atoms with van der Waals surface area (Å²) in [6, 6.07) is 8.59. The highest BCUT2D eigenvalue weighted by molar-refractivity contribution is 5.98. The van der Waals surface area contributed by atoms with E-state index in [-0.39, 0.29) is 12.2 Å². The van der Waals surface area contributed by atoms with Gasteiger partial charge in [-0.3, -0.25) is 9.78 Å². The van der Waals surface area contributed by atoms with Gasteiger partial charge in [-0.2, -0.15) is 0 Å². The van der Waals surface area contributed by atoms with Gasteiger partial charge in [-0.1, -0.05) is 12.1 Å². The van der Waals surface area contributed by atoms with Gasteiger partial charge in [-0.25, -0.2) is 0 Å². The highest BCUT2D eigenvalue weighted by Gasteiger charge is 2.09. The van der Waals surface area contributed by atoms with E-state index in [1.165, 1.54) is 0 Å². The number of hydrogen-bond donors (Lipinski definition) is 2. The van der Waals surface area contributed by atoms with Gasteiger partial charge in [0.25, 0.3) is 0 Å². The number of carbonyl (C=O) groups excluding carboxylic acids is 1. The number of pyridine rings is 1. The molecule has 0 aliphatic heterocycles. The fourth-order valence-electron chi connectivity index (χ4n) is 1.57. The predicted molar refractivity (Wildman–Crippen MR) is 67.5 cm³/mol. The van der Waals surface area contributed by atoms with E-state index in [0.717, 1.165) is 5.56 Å². The highest BCUT2D eigenvalue weighted by Crippen LogP contribution is 2.14. The summed E-state index contributed by atoms with van der Waals surface area (Å²) in [5.74, 6) is -0.0167. The van der Waals surface area contributed by atoms with Crippen molar-refractivity contribution in [3.63, 3.8) is 0 Å². The molecule has 1 aromatic heterocycles. The van der Waals surface area contributed by atoms with E-state index in [9.17, 15) is 4.79 Å². The molecule has 0 unspecified atom stereocenters. The summed E-state index contributed by atoms with van der Waals surface area (Å²) in [4.78, 5) is 15.9. The van der Waals surface area contributed by atoms with Gasteiger partial charge >= 0.3 is 0 Å². The minimum atomic E-state index is -0.0167. The van der Waals surface area contributed by atoms with Gasteiger partial charge in [0, 0.05) is 41.3 Å². The van der Waals surface area contributed by atoms with Crippen LogP contribution in [-0.4, -0.2) is 10.8 Å². The largest absolute Gasteiger partial charge is 0.399 e. The average Bonchev–Trinajstić information content (AvgIpc) is 2.32. The summed E-state index contributed by atoms with van der Waals surface area (Å²) < 4.78 is 0. The first-order valence-electron chi connectivity index (χ1n) is 5.24. The van der Waals surface area contributed by atoms with Crippen molar-refractivity contribution in [1.29, 1.82) is 0 Å². The van der Waals surface area contributed by atoms with Crippen LogP contribution in [0.3, 0.4) is 0 Å². The van der Waals surface area contributed by atoms with Gasteiger partial charge in [-0.05, 0) is 18.2 Å². The Morgan fingerprint density at radius 2 is 2.06 bits per heavy atom. The molecule has 2 aromatic rings. The van der Waals surface area contributed by atoms with Crippen LogP contribution in [0.5, 0.6) is 0 Å². The van der Waals surface area contributed by atoms with E-state index in [1.807, 2.05) is 0 Å². The van der Waals surface area contributed by atoms with Crippen molar-refractivity contribution in [3.8, 4) is 0 Å². The molecule has 0 saturated carbocycles. The number of carbonyl (C=O) groups is 1. The Morgan fingerprint density at radius 1 is 1.24 bits per heavy atom. The van der Waals surface area contributed by atoms with Crippen LogP contribution in [0.25, 0.3) is 0 Å². The van der Waals surface area contributed by atoms with Gasteiger partial charge in [-0.15, -0.1) is 0 Å². The zero-order valence-corrected chi connectivity index (χ0v) is 9.26. The number of nitrogens with zero attached hydrogens (tertiary/aromatic N) is 1. The van der Waals surface area contributed by atoms with Crippen LogP contribution in [0.2, 0.25) is 0 Å². The maximum Gasteiger partial charge on any atom is 0.167 e. The molecule has 4 heteroatoms. The lowest BCUT2D eigenvalue weighted by Crippen LogP contribution is -2.06. The lowest BCUT2D eigenvalue weighted by atomic mass is 10.0. The van der Waals surface area contributed by atoms with Crippen LogP contribution in [0.1, 0.15) is 15.9 Å². The third kappa shape index (κ3) is 2.60. The van der Waals surface area contributed by atoms with Gasteiger partial charge in [0.2, 0.25) is 0 Å². The molecular formula is C13H13N3O. The monoisotopic (exact) mass is 227 g/mol. The standard InChI is InChI=1S/C13H13N3O/c14-11-3-1-2-9(6-11)13(17)7-10-8-16-5-4-12(10)15/h1-6,8H,7,14H2,(H2,15,16). The lowest BCUT2D eigenvalue weighted by molar-refractivity contribution is 0.0993. The molecule has 0 aliphatic rings. The van der Waals surface area contributed by atoms with Gasteiger partial charge in [0.15, 0.2) is 5.78 Å². The number of Topliss-reactive ketones (excluding diaryl/α,β-unsaturated/α-hetero) is 1. The molecule has 2 rings (SSSR count). The molecule has 0 fully saturated rings. The second kappa shape index (κ2) is 4.65. The van der Waals surface area contributed by atoms with Crippen molar-refractivity contribution in [3.05, 3.63) is 53.9 Å². The second-order valence-corrected chi connectivity index (χ2v) is 3.80. The highest BCUT2D eigenvalue weighted by atomic mass is 16.1. The number of nitrogens with two attached hydrogens (primary N) is 2. The number of rotatable bonds is 3. The molecule has 0 saturated heterocycles. The molecule has 4 N–H and O–H groups in total. The maximum atomic E-state index is 12.0. The van der Waals surface area contributed by atoms with Crippen LogP contribution >= 0.6 is 0 Å². The number of aromatic nitrogens is 1. The molecular weight excluding hydrogens is 214 g/mol. The minimum absolute atomic E-state index is 0.0167. The van der Waals surface area contributed by atoms with Crippen LogP contribution in [0, 0.1) is 0 Å². The normalized spacial score (nSPS) is 10.1. The molecule has 0 aliphatic carbocycles. The Morgan fingerprint density at radius 3 is 2.76 bits per heavy atom. The predicted octanol–water partition coefficient (Wildman–Crippen LogP) is 1.67. The Labute approximate surface area is 99.3 Å². The summed E-state index contributed by atoms with van der Waals surface area (Å²) in [5, 5.41) is 0. The summed E-state index contributed by atoms with van der Waals surface area (Å²) in [7, 11) is 0. The Kier molecular flexibility index (Phi) is 3.05. The van der Waals surface area contributed by atoms with Crippen molar-refractivity contribution in [2.45, 2.75) is 6.42 Å². The molecule has 0 spiro atoms. The average molecular weight is 227 g/mol. The van der Waals surface area contributed by atoms with E-state index in [1.54, 1.807) is 42.7 Å². The third-order valence-corrected chi connectivity index (χ3v) is 2.50. The molecule has 1 heterocycles. The SMILES string of the molecule is Nc1cccc(C(=O)Cc2cnccc2N)c1. The Balaban J connectivity index is 2.20. The summed E-state index contributed by atoms with van der Waals surface area (Å²) in [6.45, 7) is 0. The first-order chi connectivity index (χ1) is 8.16. The maximum absolute atomic E-state index is 12.0. The fourth-order valence-corrected chi connectivity index (χ4v) is 1.57. The first kappa shape index (κ1) is 11.1. The smallest absolute Gasteiger partial charge is 0.167 e. The molecule has 0 radical (unpaired) electrons. The molecule has 4 nitrogen and oxygen atoms in total. The number of ketones is 1. The van der Waals surface area contributed by atoms with E-state index in [4.69, 9.17) is 11.5 Å². The van der Waals surface area contributed by atoms with E-state index >= 15 is 0 Å². The van der Waals surface area contributed by atoms with Gasteiger partial charge in [0.1, 0.15) is 0 Å². The van der Waals surface area contributed by atoms with Crippen LogP contribution in [0.15, 0.2) is 42.7 Å². The Bertz CT molecular complexity index is 552. The first-order valence-corrected chi connectivity index (χ1v) is 5.24. The van der Waals surface area contributed by atoms with E-state index in [0.29, 0.717) is 16.9 Å². The van der Waals surface area contributed by atoms with Crippen LogP contribution < -0.4 is 11.5 Å². The lowest BCUT2D eigenvalue weighted by Gasteiger charge is -2.04. The third-order valence-electron chi connectivity index (χ3n) is 2.50. The van der Waals surface area contributed by atoms with Crippen molar-refractivity contribution >= 4 is 17.2 Å². The summed E-state index contributed by atoms with van der Waals surface area (Å²) in [5.41, 5.74) is 13.9. The quantitative estimate of drug-likeness (QED) is 0.617. The van der Waals surface area contributed by atoms with Gasteiger partial charge < -0.3 is 11.5 Å². The van der Waals surface area contributed by atoms with E-state index < -0.39 is 0 Å². The summed E-state index contributed by atoms with van der Waals surface area (Å²) in [6.07, 6.45) is 3.45. The number of nitrogen functional groups attached to an aromatic ring is 2. The molecule has 17 heavy (non-hydrogen) atoms. The second-order valence-electron chi connectivity index (χ2n) is 3.80. The minimum Gasteiger partial charge on any atom is -0.399 e. The number of benzene rings is 1. The molecule has 0 bridgehead atoms. The summed E-state index contributed by atoms with van der Waals surface area (Å²) >= 11 is 0. The van der Waals surface area contributed by atoms with Crippen molar-refractivity contribution in [1.82, 2.24) is 4.98 Å². The van der Waals surface area contributed by atoms with Crippen molar-refractivity contribution < 1.29 is 4.79 Å². The van der Waals surface area contributed by atoms with E-state index in [2.05, 4.69) is 4.98 Å². The fraction of sp³-hybridized carbons (Fsp3) is 0.0769.